The molecule has 1 amide bonds. The van der Waals surface area contributed by atoms with Gasteiger partial charge in [-0.15, -0.1) is 0 Å². The summed E-state index contributed by atoms with van der Waals surface area (Å²) in [5.74, 6) is 0.651. The van der Waals surface area contributed by atoms with E-state index >= 15 is 0 Å². The molecule has 0 aliphatic carbocycles. The number of carbonyl (C=O) groups excluding carboxylic acids is 1. The second-order valence-corrected chi connectivity index (χ2v) is 7.01. The average Bonchev–Trinajstić information content (AvgIpc) is 3.14. The summed E-state index contributed by atoms with van der Waals surface area (Å²) in [6, 6.07) is -0.0214. The summed E-state index contributed by atoms with van der Waals surface area (Å²) < 4.78 is 5.73. The molecule has 2 atom stereocenters. The number of carbonyl (C=O) groups is 1. The number of rotatable bonds is 6. The van der Waals surface area contributed by atoms with E-state index in [0.29, 0.717) is 12.5 Å². The fourth-order valence-electron chi connectivity index (χ4n) is 2.83. The van der Waals surface area contributed by atoms with Gasteiger partial charge < -0.3 is 14.5 Å². The highest BCUT2D eigenvalue weighted by atomic mass is 16.7. The third-order valence-corrected chi connectivity index (χ3v) is 4.31. The van der Waals surface area contributed by atoms with E-state index < -0.39 is 0 Å². The number of hydrogen-bond acceptors (Lipinski definition) is 4. The van der Waals surface area contributed by atoms with Gasteiger partial charge >= 0.3 is 0 Å². The van der Waals surface area contributed by atoms with Crippen molar-refractivity contribution in [2.45, 2.75) is 111 Å². The number of unbranched alkanes of at least 4 members (excludes halogenated alkanes) is 4. The van der Waals surface area contributed by atoms with Crippen LogP contribution in [-0.4, -0.2) is 42.0 Å². The SMILES string of the molecule is CCC.CCC1CON=C(C2CCCN2C(C)=O)O1.CCCCCCC. The van der Waals surface area contributed by atoms with Crippen LogP contribution in [0.15, 0.2) is 5.16 Å². The first-order valence-corrected chi connectivity index (χ1v) is 10.7. The molecule has 2 heterocycles. The lowest BCUT2D eigenvalue weighted by atomic mass is 10.2. The molecule has 26 heavy (non-hydrogen) atoms. The maximum Gasteiger partial charge on any atom is 0.249 e. The molecule has 5 nitrogen and oxygen atoms in total. The Labute approximate surface area is 161 Å². The first-order valence-electron chi connectivity index (χ1n) is 10.7. The Hall–Kier alpha value is -1.26. The van der Waals surface area contributed by atoms with Crippen molar-refractivity contribution in [3.8, 4) is 0 Å². The largest absolute Gasteiger partial charge is 0.470 e. The Morgan fingerprint density at radius 2 is 1.73 bits per heavy atom. The number of oxime groups is 1. The van der Waals surface area contributed by atoms with E-state index in [1.54, 1.807) is 11.8 Å². The summed E-state index contributed by atoms with van der Waals surface area (Å²) >= 11 is 0. The average molecular weight is 371 g/mol. The quantitative estimate of drug-likeness (QED) is 0.578. The summed E-state index contributed by atoms with van der Waals surface area (Å²) in [4.78, 5) is 18.4. The van der Waals surface area contributed by atoms with Crippen LogP contribution < -0.4 is 0 Å². The van der Waals surface area contributed by atoms with Crippen molar-refractivity contribution >= 4 is 11.8 Å². The highest BCUT2D eigenvalue weighted by Crippen LogP contribution is 2.22. The fraction of sp³-hybridized carbons (Fsp3) is 0.905. The molecule has 1 saturated heterocycles. The van der Waals surface area contributed by atoms with Gasteiger partial charge in [0, 0.05) is 13.5 Å². The van der Waals surface area contributed by atoms with Crippen LogP contribution in [-0.2, 0) is 14.4 Å². The van der Waals surface area contributed by atoms with Gasteiger partial charge in [0.05, 0.1) is 0 Å². The van der Waals surface area contributed by atoms with Crippen molar-refractivity contribution in [1.29, 1.82) is 0 Å². The molecule has 0 spiro atoms. The zero-order valence-corrected chi connectivity index (χ0v) is 18.1. The molecule has 2 unspecified atom stereocenters. The summed E-state index contributed by atoms with van der Waals surface area (Å²) in [5.41, 5.74) is 0. The molecule has 0 aromatic rings. The van der Waals surface area contributed by atoms with Gasteiger partial charge in [-0.3, -0.25) is 4.79 Å². The zero-order valence-electron chi connectivity index (χ0n) is 18.1. The van der Waals surface area contributed by atoms with E-state index in [1.165, 1.54) is 38.5 Å². The first-order chi connectivity index (χ1) is 12.5. The number of hydrogen-bond donors (Lipinski definition) is 0. The second-order valence-electron chi connectivity index (χ2n) is 7.01. The van der Waals surface area contributed by atoms with Crippen LogP contribution in [0, 0.1) is 0 Å². The topological polar surface area (TPSA) is 51.1 Å². The maximum atomic E-state index is 11.4. The standard InChI is InChI=1S/C11H18N2O3.C7H16.C3H8/c1-3-9-7-15-12-11(16-9)10-5-4-6-13(10)8(2)14;1-3-5-7-6-4-2;1-3-2/h9-10H,3-7H2,1-2H3;3-7H2,1-2H3;3H2,1-2H3. The predicted octanol–water partition coefficient (Wildman–Crippen LogP) is 5.53. The lowest BCUT2D eigenvalue weighted by Crippen LogP contribution is -2.43. The van der Waals surface area contributed by atoms with Gasteiger partial charge in [-0.1, -0.05) is 73.1 Å². The van der Waals surface area contributed by atoms with Gasteiger partial charge in [-0.2, -0.15) is 0 Å². The van der Waals surface area contributed by atoms with Crippen LogP contribution in [0.2, 0.25) is 0 Å². The van der Waals surface area contributed by atoms with Crippen molar-refractivity contribution in [3.05, 3.63) is 0 Å². The van der Waals surface area contributed by atoms with Gasteiger partial charge in [-0.05, 0) is 24.4 Å². The van der Waals surface area contributed by atoms with Crippen molar-refractivity contribution in [3.63, 3.8) is 0 Å². The Kier molecular flexibility index (Phi) is 15.2. The normalized spacial score (nSPS) is 21.3. The van der Waals surface area contributed by atoms with E-state index in [-0.39, 0.29) is 18.1 Å². The molecular formula is C21H42N2O3. The molecule has 0 aromatic heterocycles. The summed E-state index contributed by atoms with van der Waals surface area (Å²) in [6.07, 6.45) is 11.1. The molecule has 0 bridgehead atoms. The number of nitrogens with zero attached hydrogens (tertiary/aromatic N) is 2. The van der Waals surface area contributed by atoms with Gasteiger partial charge in [-0.25, -0.2) is 0 Å². The van der Waals surface area contributed by atoms with Crippen LogP contribution in [0.4, 0.5) is 0 Å². The summed E-state index contributed by atoms with van der Waals surface area (Å²) in [6.45, 7) is 13.7. The second kappa shape index (κ2) is 16.0. The molecule has 2 aliphatic heterocycles. The summed E-state index contributed by atoms with van der Waals surface area (Å²) in [7, 11) is 0. The molecule has 2 rings (SSSR count). The molecule has 0 radical (unpaired) electrons. The third kappa shape index (κ3) is 10.0. The van der Waals surface area contributed by atoms with Crippen molar-refractivity contribution < 1.29 is 14.4 Å². The monoisotopic (exact) mass is 370 g/mol. The minimum Gasteiger partial charge on any atom is -0.470 e. The molecule has 0 saturated carbocycles. The van der Waals surface area contributed by atoms with E-state index in [1.807, 2.05) is 6.92 Å². The Morgan fingerprint density at radius 3 is 2.23 bits per heavy atom. The molecule has 0 aromatic carbocycles. The van der Waals surface area contributed by atoms with Crippen LogP contribution in [0.25, 0.3) is 0 Å². The van der Waals surface area contributed by atoms with E-state index in [9.17, 15) is 4.79 Å². The third-order valence-electron chi connectivity index (χ3n) is 4.31. The predicted molar refractivity (Wildman–Crippen MR) is 109 cm³/mol. The highest BCUT2D eigenvalue weighted by molar-refractivity contribution is 5.87. The van der Waals surface area contributed by atoms with Gasteiger partial charge in [0.15, 0.2) is 6.61 Å². The van der Waals surface area contributed by atoms with Crippen LogP contribution in [0.5, 0.6) is 0 Å². The van der Waals surface area contributed by atoms with Gasteiger partial charge in [0.25, 0.3) is 0 Å². The first kappa shape index (κ1) is 24.7. The maximum absolute atomic E-state index is 11.4. The number of likely N-dealkylation sites (tertiary alicyclic amines) is 1. The molecule has 154 valence electrons. The van der Waals surface area contributed by atoms with Crippen molar-refractivity contribution in [1.82, 2.24) is 4.90 Å². The molecule has 5 heteroatoms. The van der Waals surface area contributed by atoms with E-state index in [4.69, 9.17) is 9.57 Å². The smallest absolute Gasteiger partial charge is 0.249 e. The Morgan fingerprint density at radius 1 is 1.12 bits per heavy atom. The highest BCUT2D eigenvalue weighted by Gasteiger charge is 2.35. The lowest BCUT2D eigenvalue weighted by molar-refractivity contribution is -0.129. The van der Waals surface area contributed by atoms with Crippen molar-refractivity contribution in [2.24, 2.45) is 5.16 Å². The molecule has 1 fully saturated rings. The minimum absolute atomic E-state index is 0.0214. The van der Waals surface area contributed by atoms with Gasteiger partial charge in [0.2, 0.25) is 11.8 Å². The van der Waals surface area contributed by atoms with Crippen LogP contribution in [0.1, 0.15) is 99.3 Å². The van der Waals surface area contributed by atoms with E-state index in [2.05, 4.69) is 32.9 Å². The zero-order chi connectivity index (χ0) is 19.8. The molecule has 2 aliphatic rings. The number of amides is 1. The van der Waals surface area contributed by atoms with Crippen LogP contribution >= 0.6 is 0 Å². The van der Waals surface area contributed by atoms with Crippen molar-refractivity contribution in [2.75, 3.05) is 13.2 Å². The van der Waals surface area contributed by atoms with Gasteiger partial charge in [0.1, 0.15) is 12.1 Å². The lowest BCUT2D eigenvalue weighted by Gasteiger charge is -2.29. The summed E-state index contributed by atoms with van der Waals surface area (Å²) in [5, 5.41) is 3.94. The van der Waals surface area contributed by atoms with E-state index in [0.717, 1.165) is 25.8 Å². The fourth-order valence-corrected chi connectivity index (χ4v) is 2.83. The Balaban J connectivity index is 0.000000526. The molecular weight excluding hydrogens is 328 g/mol. The minimum atomic E-state index is -0.0214. The molecule has 0 N–H and O–H groups in total. The van der Waals surface area contributed by atoms with Crippen LogP contribution in [0.3, 0.4) is 0 Å². The number of ether oxygens (including phenoxy) is 1. The Bertz CT molecular complexity index is 381.